The molecule has 70 valence electrons. The first kappa shape index (κ1) is 9.36. The van der Waals surface area contributed by atoms with Gasteiger partial charge in [-0.3, -0.25) is 0 Å². The second-order valence-corrected chi connectivity index (χ2v) is 3.66. The van der Waals surface area contributed by atoms with Crippen LogP contribution in [0.25, 0.3) is 0 Å². The van der Waals surface area contributed by atoms with Crippen molar-refractivity contribution in [2.24, 2.45) is 11.8 Å². The number of rotatable bonds is 0. The molecule has 0 aromatic rings. The van der Waals surface area contributed by atoms with E-state index in [0.29, 0.717) is 0 Å². The van der Waals surface area contributed by atoms with Gasteiger partial charge in [0.25, 0.3) is 0 Å². The minimum atomic E-state index is -1.83. The van der Waals surface area contributed by atoms with Crippen molar-refractivity contribution in [2.75, 3.05) is 0 Å². The molecule has 3 nitrogen and oxygen atoms in total. The third-order valence-corrected chi connectivity index (χ3v) is 2.97. The van der Waals surface area contributed by atoms with Crippen molar-refractivity contribution >= 4 is 6.16 Å². The van der Waals surface area contributed by atoms with Gasteiger partial charge in [0, 0.05) is 0 Å². The van der Waals surface area contributed by atoms with Gasteiger partial charge in [-0.05, 0) is 11.8 Å². The molecule has 0 spiro atoms. The van der Waals surface area contributed by atoms with Crippen LogP contribution in [0.4, 0.5) is 4.79 Å². The van der Waals surface area contributed by atoms with E-state index in [4.69, 9.17) is 15.0 Å². The highest BCUT2D eigenvalue weighted by atomic mass is 16.6. The second-order valence-electron chi connectivity index (χ2n) is 3.66. The molecule has 0 atom stereocenters. The molecule has 0 aromatic heterocycles. The maximum atomic E-state index is 8.56. The van der Waals surface area contributed by atoms with Crippen molar-refractivity contribution in [1.29, 1.82) is 0 Å². The number of hydrogen-bond donors (Lipinski definition) is 2. The maximum absolute atomic E-state index is 8.56. The van der Waals surface area contributed by atoms with Crippen LogP contribution in [0.2, 0.25) is 0 Å². The van der Waals surface area contributed by atoms with Crippen molar-refractivity contribution in [3.05, 3.63) is 0 Å². The Kier molecular flexibility index (Phi) is 3.38. The lowest BCUT2D eigenvalue weighted by Crippen LogP contribution is -1.95. The first-order valence-electron chi connectivity index (χ1n) is 4.62. The summed E-state index contributed by atoms with van der Waals surface area (Å²) in [7, 11) is 0. The largest absolute Gasteiger partial charge is 0.503 e. The molecule has 3 heteroatoms. The van der Waals surface area contributed by atoms with Crippen LogP contribution in [0.3, 0.4) is 0 Å². The van der Waals surface area contributed by atoms with E-state index < -0.39 is 6.16 Å². The van der Waals surface area contributed by atoms with Gasteiger partial charge in [0.15, 0.2) is 0 Å². The second kappa shape index (κ2) is 4.33. The molecule has 2 fully saturated rings. The average molecular weight is 172 g/mol. The summed E-state index contributed by atoms with van der Waals surface area (Å²) in [5.74, 6) is 2.35. The Balaban J connectivity index is 0.000000157. The van der Waals surface area contributed by atoms with Crippen LogP contribution < -0.4 is 0 Å². The molecule has 2 saturated carbocycles. The van der Waals surface area contributed by atoms with E-state index in [1.54, 1.807) is 25.7 Å². The maximum Gasteiger partial charge on any atom is 0.503 e. The molecular weight excluding hydrogens is 156 g/mol. The van der Waals surface area contributed by atoms with Crippen molar-refractivity contribution < 1.29 is 15.0 Å². The van der Waals surface area contributed by atoms with Gasteiger partial charge in [-0.25, -0.2) is 4.79 Å². The molecule has 0 heterocycles. The van der Waals surface area contributed by atoms with Crippen molar-refractivity contribution in [1.82, 2.24) is 0 Å². The molecule has 2 rings (SSSR count). The molecule has 0 bridgehead atoms. The smallest absolute Gasteiger partial charge is 0.450 e. The third kappa shape index (κ3) is 2.72. The van der Waals surface area contributed by atoms with E-state index in [9.17, 15) is 0 Å². The zero-order valence-corrected chi connectivity index (χ0v) is 7.20. The summed E-state index contributed by atoms with van der Waals surface area (Å²) in [6.07, 6.45) is 7.48. The van der Waals surface area contributed by atoms with Gasteiger partial charge in [-0.1, -0.05) is 38.5 Å². The SMILES string of the molecule is C1CC2CCCC2C1.O=C(O)O. The third-order valence-electron chi connectivity index (χ3n) is 2.97. The number of fused-ring (bicyclic) bond motifs is 1. The Hall–Kier alpha value is -0.730. The highest BCUT2D eigenvalue weighted by Crippen LogP contribution is 2.43. The van der Waals surface area contributed by atoms with Crippen LogP contribution in [0.5, 0.6) is 0 Å². The minimum absolute atomic E-state index is 1.18. The first-order chi connectivity index (χ1) is 5.70. The van der Waals surface area contributed by atoms with Crippen molar-refractivity contribution in [2.45, 2.75) is 38.5 Å². The van der Waals surface area contributed by atoms with Crippen LogP contribution in [0.1, 0.15) is 38.5 Å². The predicted molar refractivity (Wildman–Crippen MR) is 45.3 cm³/mol. The highest BCUT2D eigenvalue weighted by Gasteiger charge is 2.30. The van der Waals surface area contributed by atoms with Gasteiger partial charge in [0.1, 0.15) is 0 Å². The fourth-order valence-electron chi connectivity index (χ4n) is 2.52. The van der Waals surface area contributed by atoms with Crippen LogP contribution in [-0.4, -0.2) is 16.4 Å². The molecule has 0 aromatic carbocycles. The molecule has 12 heavy (non-hydrogen) atoms. The summed E-state index contributed by atoms with van der Waals surface area (Å²) in [5, 5.41) is 13.9. The number of hydrogen-bond acceptors (Lipinski definition) is 1. The minimum Gasteiger partial charge on any atom is -0.450 e. The van der Waals surface area contributed by atoms with Crippen LogP contribution >= 0.6 is 0 Å². The van der Waals surface area contributed by atoms with Crippen LogP contribution in [0.15, 0.2) is 0 Å². The summed E-state index contributed by atoms with van der Waals surface area (Å²) in [4.78, 5) is 8.56. The molecule has 0 radical (unpaired) electrons. The van der Waals surface area contributed by atoms with Crippen molar-refractivity contribution in [3.8, 4) is 0 Å². The Bertz CT molecular complexity index is 132. The standard InChI is InChI=1S/C8H14.CH2O3/c1-3-7-5-2-6-8(7)4-1;2-1(3)4/h7-8H,1-6H2;(H2,2,3,4). The Morgan fingerprint density at radius 3 is 1.42 bits per heavy atom. The van der Waals surface area contributed by atoms with Crippen LogP contribution in [0, 0.1) is 11.8 Å². The van der Waals surface area contributed by atoms with E-state index in [1.807, 2.05) is 0 Å². The normalized spacial score (nSPS) is 32.0. The Morgan fingerprint density at radius 2 is 1.17 bits per heavy atom. The summed E-state index contributed by atoms with van der Waals surface area (Å²) < 4.78 is 0. The van der Waals surface area contributed by atoms with Gasteiger partial charge in [-0.15, -0.1) is 0 Å². The molecule has 2 aliphatic rings. The Labute approximate surface area is 72.4 Å². The van der Waals surface area contributed by atoms with Gasteiger partial charge >= 0.3 is 6.16 Å². The molecule has 2 N–H and O–H groups in total. The van der Waals surface area contributed by atoms with Crippen molar-refractivity contribution in [3.63, 3.8) is 0 Å². The molecule has 0 amide bonds. The zero-order chi connectivity index (χ0) is 8.97. The fourth-order valence-corrected chi connectivity index (χ4v) is 2.52. The lowest BCUT2D eigenvalue weighted by atomic mass is 10.0. The van der Waals surface area contributed by atoms with Gasteiger partial charge in [0.2, 0.25) is 0 Å². The molecule has 0 unspecified atom stereocenters. The Morgan fingerprint density at radius 1 is 0.917 bits per heavy atom. The van der Waals surface area contributed by atoms with E-state index in [1.165, 1.54) is 24.7 Å². The van der Waals surface area contributed by atoms with E-state index in [-0.39, 0.29) is 0 Å². The number of carboxylic acid groups (broad SMARTS) is 2. The topological polar surface area (TPSA) is 57.5 Å². The predicted octanol–water partition coefficient (Wildman–Crippen LogP) is 2.81. The van der Waals surface area contributed by atoms with E-state index in [2.05, 4.69) is 0 Å². The highest BCUT2D eigenvalue weighted by molar-refractivity contribution is 5.53. The summed E-state index contributed by atoms with van der Waals surface area (Å²) in [6.45, 7) is 0. The molecule has 0 saturated heterocycles. The fraction of sp³-hybridized carbons (Fsp3) is 0.889. The lowest BCUT2D eigenvalue weighted by Gasteiger charge is -2.04. The summed E-state index contributed by atoms with van der Waals surface area (Å²) in [6, 6.07) is 0. The summed E-state index contributed by atoms with van der Waals surface area (Å²) >= 11 is 0. The van der Waals surface area contributed by atoms with E-state index in [0.717, 1.165) is 0 Å². The molecule has 2 aliphatic carbocycles. The molecular formula is C9H16O3. The number of carbonyl (C=O) groups is 1. The van der Waals surface area contributed by atoms with Gasteiger partial charge in [0.05, 0.1) is 0 Å². The van der Waals surface area contributed by atoms with Gasteiger partial charge < -0.3 is 10.2 Å². The van der Waals surface area contributed by atoms with E-state index >= 15 is 0 Å². The van der Waals surface area contributed by atoms with Gasteiger partial charge in [-0.2, -0.15) is 0 Å². The monoisotopic (exact) mass is 172 g/mol. The average Bonchev–Trinajstić information content (AvgIpc) is 2.40. The zero-order valence-electron chi connectivity index (χ0n) is 7.20. The van der Waals surface area contributed by atoms with Crippen LogP contribution in [-0.2, 0) is 0 Å². The summed E-state index contributed by atoms with van der Waals surface area (Å²) in [5.41, 5.74) is 0. The lowest BCUT2D eigenvalue weighted by molar-refractivity contribution is 0.137. The first-order valence-corrected chi connectivity index (χ1v) is 4.62. The molecule has 0 aliphatic heterocycles. The quantitative estimate of drug-likeness (QED) is 0.590.